The number of ether oxygens (including phenoxy) is 1. The van der Waals surface area contributed by atoms with Gasteiger partial charge in [0.2, 0.25) is 5.91 Å². The van der Waals surface area contributed by atoms with Gasteiger partial charge < -0.3 is 20.7 Å². The van der Waals surface area contributed by atoms with Crippen molar-refractivity contribution in [2.75, 3.05) is 65.4 Å². The summed E-state index contributed by atoms with van der Waals surface area (Å²) >= 11 is 0. The maximum atomic E-state index is 12.7. The van der Waals surface area contributed by atoms with Gasteiger partial charge in [-0.1, -0.05) is 45.0 Å². The van der Waals surface area contributed by atoms with E-state index in [1.165, 1.54) is 5.56 Å². The molecule has 0 atom stereocenters. The molecule has 0 bridgehead atoms. The van der Waals surface area contributed by atoms with Gasteiger partial charge in [0.25, 0.3) is 0 Å². The van der Waals surface area contributed by atoms with Gasteiger partial charge in [0.05, 0.1) is 13.1 Å². The fourth-order valence-electron chi connectivity index (χ4n) is 3.86. The molecule has 0 spiro atoms. The quantitative estimate of drug-likeness (QED) is 0.525. The maximum absolute atomic E-state index is 12.7. The summed E-state index contributed by atoms with van der Waals surface area (Å²) in [4.78, 5) is 29.4. The molecule has 1 amide bonds. The Bertz CT molecular complexity index is 783. The second-order valence-corrected chi connectivity index (χ2v) is 11.4. The molecule has 8 nitrogen and oxygen atoms in total. The predicted molar refractivity (Wildman–Crippen MR) is 141 cm³/mol. The predicted octanol–water partition coefficient (Wildman–Crippen LogP) is 1.74. The van der Waals surface area contributed by atoms with Gasteiger partial charge in [0, 0.05) is 58.9 Å². The number of rotatable bonds is 6. The van der Waals surface area contributed by atoms with Crippen LogP contribution in [0.4, 0.5) is 0 Å². The number of hydrogen-bond acceptors (Lipinski definition) is 7. The topological polar surface area (TPSA) is 85.9 Å². The van der Waals surface area contributed by atoms with E-state index in [0.717, 1.165) is 44.8 Å². The van der Waals surface area contributed by atoms with Crippen LogP contribution in [0.1, 0.15) is 52.7 Å². The number of nitrogens with one attached hydrogen (secondary N) is 3. The van der Waals surface area contributed by atoms with Gasteiger partial charge in [-0.2, -0.15) is 0 Å². The molecule has 1 aliphatic rings. The van der Waals surface area contributed by atoms with Crippen molar-refractivity contribution in [1.29, 1.82) is 0 Å². The lowest BCUT2D eigenvalue weighted by Crippen LogP contribution is -2.47. The first-order chi connectivity index (χ1) is 16.4. The van der Waals surface area contributed by atoms with Crippen LogP contribution in [0.3, 0.4) is 0 Å². The highest BCUT2D eigenvalue weighted by Crippen LogP contribution is 2.22. The van der Waals surface area contributed by atoms with E-state index >= 15 is 0 Å². The molecule has 8 heteroatoms. The normalized spacial score (nSPS) is 17.8. The van der Waals surface area contributed by atoms with Crippen molar-refractivity contribution in [3.8, 4) is 0 Å². The minimum Gasteiger partial charge on any atom is -0.459 e. The van der Waals surface area contributed by atoms with E-state index in [9.17, 15) is 9.59 Å². The highest BCUT2D eigenvalue weighted by Gasteiger charge is 2.20. The van der Waals surface area contributed by atoms with E-state index in [1.807, 2.05) is 20.8 Å². The molecular weight excluding hydrogens is 442 g/mol. The summed E-state index contributed by atoms with van der Waals surface area (Å²) in [5.41, 5.74) is 2.00. The Balaban J connectivity index is 1.89. The molecule has 1 aliphatic heterocycles. The van der Waals surface area contributed by atoms with Crippen molar-refractivity contribution in [1.82, 2.24) is 25.8 Å². The molecule has 2 rings (SSSR count). The van der Waals surface area contributed by atoms with E-state index in [4.69, 9.17) is 4.74 Å². The van der Waals surface area contributed by atoms with E-state index in [0.29, 0.717) is 26.2 Å². The van der Waals surface area contributed by atoms with E-state index in [2.05, 4.69) is 70.8 Å². The van der Waals surface area contributed by atoms with E-state index in [1.54, 1.807) is 0 Å². The van der Waals surface area contributed by atoms with Crippen LogP contribution in [0.25, 0.3) is 0 Å². The number of amides is 1. The zero-order valence-electron chi connectivity index (χ0n) is 22.7. The zero-order valence-corrected chi connectivity index (χ0v) is 22.7. The number of carbonyl (C=O) groups excluding carboxylic acids is 2. The van der Waals surface area contributed by atoms with Crippen molar-refractivity contribution in [3.63, 3.8) is 0 Å². The Kier molecular flexibility index (Phi) is 11.6. The maximum Gasteiger partial charge on any atom is 0.320 e. The molecule has 1 aromatic rings. The summed E-state index contributed by atoms with van der Waals surface area (Å²) in [5, 5.41) is 9.90. The largest absolute Gasteiger partial charge is 0.459 e. The minimum atomic E-state index is -0.495. The lowest BCUT2D eigenvalue weighted by Gasteiger charge is -2.29. The van der Waals surface area contributed by atoms with Crippen molar-refractivity contribution in [2.24, 2.45) is 0 Å². The lowest BCUT2D eigenvalue weighted by atomic mass is 9.87. The highest BCUT2D eigenvalue weighted by atomic mass is 16.6. The van der Waals surface area contributed by atoms with E-state index in [-0.39, 0.29) is 23.8 Å². The van der Waals surface area contributed by atoms with Crippen LogP contribution in [0.2, 0.25) is 0 Å². The monoisotopic (exact) mass is 489 g/mol. The third kappa shape index (κ3) is 12.5. The summed E-state index contributed by atoms with van der Waals surface area (Å²) in [5.74, 6) is -0.203. The number of esters is 1. The van der Waals surface area contributed by atoms with Crippen LogP contribution in [0.15, 0.2) is 24.3 Å². The van der Waals surface area contributed by atoms with Crippen molar-refractivity contribution in [3.05, 3.63) is 35.4 Å². The standard InChI is InChI=1S/C27H47N5O3/c1-26(2,3)23-9-7-22(8-10-23)19-30-24(33)20-31-15-13-28-11-12-29-14-16-32(18-17-31)21-25(34)35-27(4,5)6/h7-10,28-29H,11-21H2,1-6H3,(H,30,33). The van der Waals surface area contributed by atoms with Crippen molar-refractivity contribution < 1.29 is 14.3 Å². The molecule has 0 saturated carbocycles. The lowest BCUT2D eigenvalue weighted by molar-refractivity contribution is -0.156. The summed E-state index contributed by atoms with van der Waals surface area (Å²) in [6, 6.07) is 8.45. The molecule has 1 saturated heterocycles. The van der Waals surface area contributed by atoms with Gasteiger partial charge in [0.15, 0.2) is 0 Å². The van der Waals surface area contributed by atoms with Crippen LogP contribution in [0.5, 0.6) is 0 Å². The molecule has 1 heterocycles. The van der Waals surface area contributed by atoms with Gasteiger partial charge >= 0.3 is 5.97 Å². The smallest absolute Gasteiger partial charge is 0.320 e. The first-order valence-electron chi connectivity index (χ1n) is 12.9. The van der Waals surface area contributed by atoms with Crippen LogP contribution in [0, 0.1) is 0 Å². The Morgan fingerprint density at radius 3 is 1.89 bits per heavy atom. The summed E-state index contributed by atoms with van der Waals surface area (Å²) in [6.45, 7) is 19.6. The fraction of sp³-hybridized carbons (Fsp3) is 0.704. The summed E-state index contributed by atoms with van der Waals surface area (Å²) in [7, 11) is 0. The third-order valence-electron chi connectivity index (χ3n) is 5.87. The highest BCUT2D eigenvalue weighted by molar-refractivity contribution is 5.78. The Labute approximate surface area is 212 Å². The molecule has 0 unspecified atom stereocenters. The first kappa shape index (κ1) is 29.2. The third-order valence-corrected chi connectivity index (χ3v) is 5.87. The molecule has 0 aromatic heterocycles. The second kappa shape index (κ2) is 13.9. The molecule has 198 valence electrons. The number of hydrogen-bond donors (Lipinski definition) is 3. The van der Waals surface area contributed by atoms with Gasteiger partial charge in [-0.15, -0.1) is 0 Å². The van der Waals surface area contributed by atoms with E-state index < -0.39 is 5.60 Å². The Hall–Kier alpha value is -2.00. The number of carbonyl (C=O) groups is 2. The van der Waals surface area contributed by atoms with Crippen LogP contribution >= 0.6 is 0 Å². The van der Waals surface area contributed by atoms with Crippen molar-refractivity contribution in [2.45, 2.75) is 59.1 Å². The van der Waals surface area contributed by atoms with Gasteiger partial charge in [0.1, 0.15) is 5.60 Å². The van der Waals surface area contributed by atoms with Gasteiger partial charge in [-0.3, -0.25) is 19.4 Å². The molecular formula is C27H47N5O3. The fourth-order valence-corrected chi connectivity index (χ4v) is 3.86. The molecule has 1 aromatic carbocycles. The first-order valence-corrected chi connectivity index (χ1v) is 12.9. The average Bonchev–Trinajstić information content (AvgIpc) is 2.74. The van der Waals surface area contributed by atoms with Gasteiger partial charge in [-0.25, -0.2) is 0 Å². The minimum absolute atomic E-state index is 0.0114. The molecule has 1 fully saturated rings. The molecule has 3 N–H and O–H groups in total. The van der Waals surface area contributed by atoms with Crippen LogP contribution in [-0.4, -0.2) is 92.7 Å². The SMILES string of the molecule is CC(C)(C)OC(=O)CN1CCNCCNCCN(CC(=O)NCc2ccc(C(C)(C)C)cc2)CC1. The molecule has 35 heavy (non-hydrogen) atoms. The molecule has 0 radical (unpaired) electrons. The zero-order chi connectivity index (χ0) is 25.9. The van der Waals surface area contributed by atoms with Crippen molar-refractivity contribution >= 4 is 11.9 Å². The van der Waals surface area contributed by atoms with Crippen LogP contribution in [-0.2, 0) is 26.3 Å². The average molecular weight is 490 g/mol. The van der Waals surface area contributed by atoms with Gasteiger partial charge in [-0.05, 0) is 37.3 Å². The summed E-state index contributed by atoms with van der Waals surface area (Å²) in [6.07, 6.45) is 0. The number of benzene rings is 1. The number of nitrogens with zero attached hydrogens (tertiary/aromatic N) is 2. The summed E-state index contributed by atoms with van der Waals surface area (Å²) < 4.78 is 5.52. The molecule has 0 aliphatic carbocycles. The Morgan fingerprint density at radius 2 is 1.37 bits per heavy atom. The Morgan fingerprint density at radius 1 is 0.829 bits per heavy atom. The second-order valence-electron chi connectivity index (χ2n) is 11.4. The van der Waals surface area contributed by atoms with Crippen LogP contribution < -0.4 is 16.0 Å².